The highest BCUT2D eigenvalue weighted by molar-refractivity contribution is 6.30. The molecule has 1 amide bonds. The second kappa shape index (κ2) is 9.30. The van der Waals surface area contributed by atoms with Gasteiger partial charge in [0.05, 0.1) is 6.20 Å². The lowest BCUT2D eigenvalue weighted by Gasteiger charge is -2.21. The minimum absolute atomic E-state index is 0.297. The Morgan fingerprint density at radius 3 is 2.69 bits per heavy atom. The van der Waals surface area contributed by atoms with Crippen molar-refractivity contribution in [2.45, 2.75) is 38.3 Å². The molecule has 1 fully saturated rings. The van der Waals surface area contributed by atoms with Crippen LogP contribution in [0.1, 0.15) is 37.8 Å². The molecule has 29 heavy (non-hydrogen) atoms. The molecule has 1 heterocycles. The Bertz CT molecular complexity index is 858. The van der Waals surface area contributed by atoms with E-state index in [9.17, 15) is 18.0 Å². The number of alkyl halides is 3. The van der Waals surface area contributed by atoms with Gasteiger partial charge in [-0.05, 0) is 37.0 Å². The van der Waals surface area contributed by atoms with Gasteiger partial charge in [-0.3, -0.25) is 0 Å². The van der Waals surface area contributed by atoms with Crippen LogP contribution in [0.4, 0.5) is 29.6 Å². The SMILES string of the molecule is O=C(NCC1CCCCC1)Oc1cnc(Nc2cccc(Cl)c2)nc1C(F)(F)F. The molecule has 0 saturated heterocycles. The van der Waals surface area contributed by atoms with Gasteiger partial charge in [-0.15, -0.1) is 0 Å². The Morgan fingerprint density at radius 2 is 2.00 bits per heavy atom. The van der Waals surface area contributed by atoms with Crippen LogP contribution in [0.2, 0.25) is 5.02 Å². The maximum Gasteiger partial charge on any atom is 0.437 e. The van der Waals surface area contributed by atoms with Crippen LogP contribution in [0.25, 0.3) is 0 Å². The number of hydrogen-bond acceptors (Lipinski definition) is 5. The van der Waals surface area contributed by atoms with E-state index < -0.39 is 23.7 Å². The summed E-state index contributed by atoms with van der Waals surface area (Å²) in [5.74, 6) is -0.733. The summed E-state index contributed by atoms with van der Waals surface area (Å²) in [4.78, 5) is 19.2. The first-order valence-corrected chi connectivity index (χ1v) is 9.61. The van der Waals surface area contributed by atoms with Crippen molar-refractivity contribution < 1.29 is 22.7 Å². The average molecular weight is 429 g/mol. The van der Waals surface area contributed by atoms with Crippen LogP contribution in [0.3, 0.4) is 0 Å². The van der Waals surface area contributed by atoms with Crippen LogP contribution in [0.15, 0.2) is 30.5 Å². The number of aromatic nitrogens is 2. The highest BCUT2D eigenvalue weighted by atomic mass is 35.5. The van der Waals surface area contributed by atoms with Crippen molar-refractivity contribution in [3.05, 3.63) is 41.2 Å². The second-order valence-corrected chi connectivity index (χ2v) is 7.25. The standard InChI is InChI=1S/C19H20ClF3N4O2/c20-13-7-4-8-14(9-13)26-17-24-11-15(16(27-17)19(21,22)23)29-18(28)25-10-12-5-2-1-3-6-12/h4,7-9,11-12H,1-3,5-6,10H2,(H,25,28)(H,24,26,27). The van der Waals surface area contributed by atoms with Crippen LogP contribution in [-0.4, -0.2) is 22.6 Å². The number of carbonyl (C=O) groups excluding carboxylic acids is 1. The summed E-state index contributed by atoms with van der Waals surface area (Å²) < 4.78 is 45.1. The molecule has 156 valence electrons. The molecule has 2 N–H and O–H groups in total. The minimum atomic E-state index is -4.83. The Balaban J connectivity index is 1.69. The predicted octanol–water partition coefficient (Wildman–Crippen LogP) is 5.56. The quantitative estimate of drug-likeness (QED) is 0.652. The third-order valence-electron chi connectivity index (χ3n) is 4.57. The maximum atomic E-state index is 13.4. The van der Waals surface area contributed by atoms with Gasteiger partial charge in [0.2, 0.25) is 5.95 Å². The van der Waals surface area contributed by atoms with Gasteiger partial charge in [-0.25, -0.2) is 14.8 Å². The monoisotopic (exact) mass is 428 g/mol. The van der Waals surface area contributed by atoms with Crippen LogP contribution < -0.4 is 15.4 Å². The summed E-state index contributed by atoms with van der Waals surface area (Å²) >= 11 is 5.86. The van der Waals surface area contributed by atoms with Crippen molar-refractivity contribution in [3.63, 3.8) is 0 Å². The van der Waals surface area contributed by atoms with E-state index in [0.717, 1.165) is 31.9 Å². The Hall–Kier alpha value is -2.55. The van der Waals surface area contributed by atoms with Crippen molar-refractivity contribution in [1.82, 2.24) is 15.3 Å². The number of halogens is 4. The minimum Gasteiger partial charge on any atom is -0.406 e. The lowest BCUT2D eigenvalue weighted by Crippen LogP contribution is -2.33. The first-order chi connectivity index (χ1) is 13.8. The summed E-state index contributed by atoms with van der Waals surface area (Å²) in [6, 6.07) is 6.37. The van der Waals surface area contributed by atoms with Crippen LogP contribution in [-0.2, 0) is 6.18 Å². The van der Waals surface area contributed by atoms with Gasteiger partial charge >= 0.3 is 12.3 Å². The van der Waals surface area contributed by atoms with Gasteiger partial charge in [-0.2, -0.15) is 13.2 Å². The zero-order valence-corrected chi connectivity index (χ0v) is 16.2. The maximum absolute atomic E-state index is 13.4. The Morgan fingerprint density at radius 1 is 1.24 bits per heavy atom. The highest BCUT2D eigenvalue weighted by Crippen LogP contribution is 2.35. The molecule has 1 saturated carbocycles. The average Bonchev–Trinajstić information content (AvgIpc) is 2.68. The molecule has 0 unspecified atom stereocenters. The summed E-state index contributed by atoms with van der Waals surface area (Å²) in [6.07, 6.45) is 0.365. The molecule has 1 aliphatic carbocycles. The number of rotatable bonds is 5. The summed E-state index contributed by atoms with van der Waals surface area (Å²) in [5, 5.41) is 5.57. The molecule has 0 aliphatic heterocycles. The third-order valence-corrected chi connectivity index (χ3v) is 4.80. The number of nitrogens with one attached hydrogen (secondary N) is 2. The van der Waals surface area contributed by atoms with Crippen molar-refractivity contribution in [2.24, 2.45) is 5.92 Å². The van der Waals surface area contributed by atoms with E-state index in [4.69, 9.17) is 16.3 Å². The molecule has 0 bridgehead atoms. The number of benzene rings is 1. The number of hydrogen-bond donors (Lipinski definition) is 2. The largest absolute Gasteiger partial charge is 0.437 e. The molecule has 3 rings (SSSR count). The Kier molecular flexibility index (Phi) is 6.79. The van der Waals surface area contributed by atoms with E-state index >= 15 is 0 Å². The number of carbonyl (C=O) groups is 1. The van der Waals surface area contributed by atoms with Crippen molar-refractivity contribution in [1.29, 1.82) is 0 Å². The van der Waals surface area contributed by atoms with Gasteiger partial charge < -0.3 is 15.4 Å². The highest BCUT2D eigenvalue weighted by Gasteiger charge is 2.38. The van der Waals surface area contributed by atoms with Crippen molar-refractivity contribution in [2.75, 3.05) is 11.9 Å². The predicted molar refractivity (Wildman–Crippen MR) is 102 cm³/mol. The van der Waals surface area contributed by atoms with E-state index in [-0.39, 0.29) is 5.95 Å². The molecular formula is C19H20ClF3N4O2. The molecule has 10 heteroatoms. The van der Waals surface area contributed by atoms with E-state index in [1.54, 1.807) is 18.2 Å². The fraction of sp³-hybridized carbons (Fsp3) is 0.421. The molecule has 6 nitrogen and oxygen atoms in total. The van der Waals surface area contributed by atoms with E-state index in [2.05, 4.69) is 20.6 Å². The van der Waals surface area contributed by atoms with Gasteiger partial charge in [0, 0.05) is 17.3 Å². The molecule has 1 aliphatic rings. The van der Waals surface area contributed by atoms with Gasteiger partial charge in [0.15, 0.2) is 11.4 Å². The first kappa shape index (κ1) is 21.2. The lowest BCUT2D eigenvalue weighted by molar-refractivity contribution is -0.142. The van der Waals surface area contributed by atoms with Crippen molar-refractivity contribution >= 4 is 29.3 Å². The molecule has 0 radical (unpaired) electrons. The molecule has 0 spiro atoms. The summed E-state index contributed by atoms with van der Waals surface area (Å²) in [7, 11) is 0. The van der Waals surface area contributed by atoms with Gasteiger partial charge in [-0.1, -0.05) is 36.9 Å². The fourth-order valence-corrected chi connectivity index (χ4v) is 3.35. The first-order valence-electron chi connectivity index (χ1n) is 9.24. The smallest absolute Gasteiger partial charge is 0.406 e. The number of amides is 1. The normalized spacial score (nSPS) is 15.0. The number of ether oxygens (including phenoxy) is 1. The summed E-state index contributed by atoms with van der Waals surface area (Å²) in [5.41, 5.74) is -0.922. The zero-order valence-electron chi connectivity index (χ0n) is 15.4. The van der Waals surface area contributed by atoms with E-state index in [1.165, 1.54) is 12.5 Å². The molecule has 0 atom stereocenters. The van der Waals surface area contributed by atoms with E-state index in [1.807, 2.05) is 0 Å². The number of anilines is 2. The lowest BCUT2D eigenvalue weighted by atomic mass is 9.89. The molecule has 1 aromatic heterocycles. The second-order valence-electron chi connectivity index (χ2n) is 6.81. The van der Waals surface area contributed by atoms with E-state index in [0.29, 0.717) is 23.2 Å². The molecular weight excluding hydrogens is 409 g/mol. The summed E-state index contributed by atoms with van der Waals surface area (Å²) in [6.45, 7) is 0.370. The molecule has 1 aromatic carbocycles. The third kappa shape index (κ3) is 6.22. The fourth-order valence-electron chi connectivity index (χ4n) is 3.16. The van der Waals surface area contributed by atoms with Crippen molar-refractivity contribution in [3.8, 4) is 5.75 Å². The number of nitrogens with zero attached hydrogens (tertiary/aromatic N) is 2. The topological polar surface area (TPSA) is 76.1 Å². The Labute approximate surface area is 170 Å². The van der Waals surface area contributed by atoms with Gasteiger partial charge in [0.25, 0.3) is 0 Å². The molecule has 2 aromatic rings. The van der Waals surface area contributed by atoms with Crippen LogP contribution in [0, 0.1) is 5.92 Å². The van der Waals surface area contributed by atoms with Gasteiger partial charge in [0.1, 0.15) is 0 Å². The zero-order chi connectivity index (χ0) is 20.9. The van der Waals surface area contributed by atoms with Crippen LogP contribution >= 0.6 is 11.6 Å². The van der Waals surface area contributed by atoms with Crippen LogP contribution in [0.5, 0.6) is 5.75 Å².